The Bertz CT molecular complexity index is 1400. The summed E-state index contributed by atoms with van der Waals surface area (Å²) in [5.41, 5.74) is 0.327. The van der Waals surface area contributed by atoms with Crippen molar-refractivity contribution in [3.05, 3.63) is 56.5 Å². The van der Waals surface area contributed by atoms with Crippen molar-refractivity contribution in [1.82, 2.24) is 23.4 Å². The maximum absolute atomic E-state index is 12.7. The van der Waals surface area contributed by atoms with Crippen LogP contribution in [-0.4, -0.2) is 46.2 Å². The number of carbonyl (C=O) groups is 1. The van der Waals surface area contributed by atoms with Crippen molar-refractivity contribution in [2.24, 2.45) is 14.1 Å². The average molecular weight is 464 g/mol. The highest BCUT2D eigenvalue weighted by Gasteiger charge is 2.19. The molecule has 0 aliphatic rings. The summed E-state index contributed by atoms with van der Waals surface area (Å²) in [7, 11) is -0.515. The SMILES string of the molecule is CCNS(=O)(=O)c1ccc(C)c(C(=O)OCCCn2c(=O)c3c(ncn3C)n(C)c2=O)c1. The number of aryl methyl sites for hydroxylation is 3. The quantitative estimate of drug-likeness (QED) is 0.375. The second kappa shape index (κ2) is 9.09. The summed E-state index contributed by atoms with van der Waals surface area (Å²) in [6.45, 7) is 3.55. The van der Waals surface area contributed by atoms with Gasteiger partial charge in [0.25, 0.3) is 5.56 Å². The van der Waals surface area contributed by atoms with Gasteiger partial charge in [-0.3, -0.25) is 13.9 Å². The maximum Gasteiger partial charge on any atom is 0.338 e. The fourth-order valence-corrected chi connectivity index (χ4v) is 4.39. The molecule has 0 saturated heterocycles. The second-order valence-electron chi connectivity index (χ2n) is 7.29. The molecule has 0 aliphatic heterocycles. The van der Waals surface area contributed by atoms with Gasteiger partial charge in [0.05, 0.1) is 23.4 Å². The number of benzene rings is 1. The molecule has 0 radical (unpaired) electrons. The van der Waals surface area contributed by atoms with Crippen LogP contribution in [0.3, 0.4) is 0 Å². The molecule has 1 aromatic carbocycles. The van der Waals surface area contributed by atoms with E-state index >= 15 is 0 Å². The summed E-state index contributed by atoms with van der Waals surface area (Å²) in [5, 5.41) is 0. The molecular weight excluding hydrogens is 438 g/mol. The Morgan fingerprint density at radius 3 is 2.62 bits per heavy atom. The molecule has 12 heteroatoms. The molecule has 0 amide bonds. The molecule has 0 spiro atoms. The number of imidazole rings is 1. The van der Waals surface area contributed by atoms with Crippen molar-refractivity contribution in [3.63, 3.8) is 0 Å². The van der Waals surface area contributed by atoms with E-state index in [-0.39, 0.29) is 36.6 Å². The van der Waals surface area contributed by atoms with Gasteiger partial charge in [0.15, 0.2) is 11.2 Å². The molecule has 0 atom stereocenters. The summed E-state index contributed by atoms with van der Waals surface area (Å²) >= 11 is 0. The Hall–Kier alpha value is -3.25. The fraction of sp³-hybridized carbons (Fsp3) is 0.400. The van der Waals surface area contributed by atoms with Crippen molar-refractivity contribution in [2.75, 3.05) is 13.2 Å². The van der Waals surface area contributed by atoms with Gasteiger partial charge >= 0.3 is 11.7 Å². The fourth-order valence-electron chi connectivity index (χ4n) is 3.32. The number of hydrogen-bond donors (Lipinski definition) is 1. The summed E-state index contributed by atoms with van der Waals surface area (Å²) in [4.78, 5) is 41.7. The molecule has 0 aliphatic carbocycles. The van der Waals surface area contributed by atoms with Crippen LogP contribution >= 0.6 is 0 Å². The van der Waals surface area contributed by atoms with Crippen molar-refractivity contribution in [2.45, 2.75) is 31.7 Å². The molecule has 11 nitrogen and oxygen atoms in total. The van der Waals surface area contributed by atoms with Gasteiger partial charge in [0, 0.05) is 27.2 Å². The predicted molar refractivity (Wildman–Crippen MR) is 117 cm³/mol. The number of rotatable bonds is 8. The third kappa shape index (κ3) is 4.36. The molecule has 2 heterocycles. The molecule has 32 heavy (non-hydrogen) atoms. The lowest BCUT2D eigenvalue weighted by Crippen LogP contribution is -2.39. The van der Waals surface area contributed by atoms with Crippen LogP contribution < -0.4 is 16.0 Å². The molecule has 3 rings (SSSR count). The molecule has 1 N–H and O–H groups in total. The number of carbonyl (C=O) groups excluding carboxylic acids is 1. The van der Waals surface area contributed by atoms with Gasteiger partial charge in [-0.15, -0.1) is 0 Å². The summed E-state index contributed by atoms with van der Waals surface area (Å²) in [6, 6.07) is 4.22. The van der Waals surface area contributed by atoms with E-state index in [0.717, 1.165) is 4.57 Å². The maximum atomic E-state index is 12.7. The van der Waals surface area contributed by atoms with Crippen LogP contribution in [0, 0.1) is 6.92 Å². The van der Waals surface area contributed by atoms with Gasteiger partial charge in [-0.1, -0.05) is 13.0 Å². The highest BCUT2D eigenvalue weighted by Crippen LogP contribution is 2.17. The van der Waals surface area contributed by atoms with Gasteiger partial charge in [0.2, 0.25) is 10.0 Å². The van der Waals surface area contributed by atoms with Crippen LogP contribution in [0.15, 0.2) is 39.0 Å². The molecular formula is C20H25N5O6S. The minimum absolute atomic E-state index is 0.0311. The lowest BCUT2D eigenvalue weighted by Gasteiger charge is -2.11. The first-order valence-corrected chi connectivity index (χ1v) is 11.4. The topological polar surface area (TPSA) is 134 Å². The van der Waals surface area contributed by atoms with Crippen LogP contribution in [0.1, 0.15) is 29.3 Å². The minimum Gasteiger partial charge on any atom is -0.462 e. The lowest BCUT2D eigenvalue weighted by molar-refractivity contribution is 0.0494. The van der Waals surface area contributed by atoms with Crippen molar-refractivity contribution in [1.29, 1.82) is 0 Å². The standard InChI is InChI=1S/C20H25N5O6S/c1-5-22-32(29,30)14-8-7-13(2)15(11-14)19(27)31-10-6-9-25-18(26)16-17(21-12-23(16)3)24(4)20(25)28/h7-8,11-12,22H,5-6,9-10H2,1-4H3. The van der Waals surface area contributed by atoms with E-state index in [1.54, 1.807) is 25.5 Å². The van der Waals surface area contributed by atoms with Crippen LogP contribution in [0.4, 0.5) is 0 Å². The third-order valence-corrected chi connectivity index (χ3v) is 6.58. The molecule has 0 bridgehead atoms. The molecule has 3 aromatic rings. The number of fused-ring (bicyclic) bond motifs is 1. The zero-order valence-electron chi connectivity index (χ0n) is 18.3. The van der Waals surface area contributed by atoms with Crippen LogP contribution in [-0.2, 0) is 35.4 Å². The van der Waals surface area contributed by atoms with Gasteiger partial charge < -0.3 is 9.30 Å². The molecule has 0 saturated carbocycles. The smallest absolute Gasteiger partial charge is 0.338 e. The number of hydrogen-bond acceptors (Lipinski definition) is 7. The Morgan fingerprint density at radius 2 is 1.94 bits per heavy atom. The third-order valence-electron chi connectivity index (χ3n) is 5.03. The first-order chi connectivity index (χ1) is 15.1. The number of esters is 1. The largest absolute Gasteiger partial charge is 0.462 e. The molecule has 0 unspecified atom stereocenters. The zero-order valence-corrected chi connectivity index (χ0v) is 19.1. The van der Waals surface area contributed by atoms with Crippen molar-refractivity contribution < 1.29 is 17.9 Å². The van der Waals surface area contributed by atoms with E-state index < -0.39 is 27.2 Å². The van der Waals surface area contributed by atoms with Crippen molar-refractivity contribution in [3.8, 4) is 0 Å². The van der Waals surface area contributed by atoms with E-state index in [4.69, 9.17) is 4.74 Å². The summed E-state index contributed by atoms with van der Waals surface area (Å²) in [6.07, 6.45) is 1.68. The summed E-state index contributed by atoms with van der Waals surface area (Å²) in [5.74, 6) is -0.682. The van der Waals surface area contributed by atoms with E-state index in [2.05, 4.69) is 9.71 Å². The lowest BCUT2D eigenvalue weighted by atomic mass is 10.1. The second-order valence-corrected chi connectivity index (χ2v) is 9.06. The van der Waals surface area contributed by atoms with Gasteiger partial charge in [-0.2, -0.15) is 0 Å². The Labute approximate surface area is 184 Å². The number of ether oxygens (including phenoxy) is 1. The molecule has 0 fully saturated rings. The Morgan fingerprint density at radius 1 is 1.22 bits per heavy atom. The van der Waals surface area contributed by atoms with E-state index in [1.807, 2.05) is 0 Å². The number of nitrogens with one attached hydrogen (secondary N) is 1. The Balaban J connectivity index is 1.72. The van der Waals surface area contributed by atoms with Crippen LogP contribution in [0.25, 0.3) is 11.2 Å². The van der Waals surface area contributed by atoms with E-state index in [9.17, 15) is 22.8 Å². The van der Waals surface area contributed by atoms with Gasteiger partial charge in [0.1, 0.15) is 0 Å². The minimum atomic E-state index is -3.71. The monoisotopic (exact) mass is 463 g/mol. The molecule has 2 aromatic heterocycles. The van der Waals surface area contributed by atoms with Crippen LogP contribution in [0.5, 0.6) is 0 Å². The zero-order chi connectivity index (χ0) is 23.6. The van der Waals surface area contributed by atoms with E-state index in [0.29, 0.717) is 16.7 Å². The number of nitrogens with zero attached hydrogens (tertiary/aromatic N) is 4. The van der Waals surface area contributed by atoms with Gasteiger partial charge in [-0.05, 0) is 31.0 Å². The first kappa shape index (κ1) is 23.4. The number of sulfonamides is 1. The van der Waals surface area contributed by atoms with E-state index in [1.165, 1.54) is 36.1 Å². The molecule has 172 valence electrons. The Kier molecular flexibility index (Phi) is 6.65. The predicted octanol–water partition coefficient (Wildman–Crippen LogP) is 0.287. The highest BCUT2D eigenvalue weighted by molar-refractivity contribution is 7.89. The number of aromatic nitrogens is 4. The normalized spacial score (nSPS) is 11.8. The van der Waals surface area contributed by atoms with Crippen LogP contribution in [0.2, 0.25) is 0 Å². The van der Waals surface area contributed by atoms with Crippen molar-refractivity contribution >= 4 is 27.2 Å². The average Bonchev–Trinajstić information content (AvgIpc) is 3.13. The summed E-state index contributed by atoms with van der Waals surface area (Å²) < 4.78 is 35.9. The van der Waals surface area contributed by atoms with Gasteiger partial charge in [-0.25, -0.2) is 27.7 Å². The first-order valence-electron chi connectivity index (χ1n) is 9.96. The highest BCUT2D eigenvalue weighted by atomic mass is 32.2.